The van der Waals surface area contributed by atoms with E-state index in [9.17, 15) is 0 Å². The Morgan fingerprint density at radius 3 is 2.54 bits per heavy atom. The van der Waals surface area contributed by atoms with Crippen molar-refractivity contribution in [3.05, 3.63) is 14.4 Å². The Balaban J connectivity index is 2.56. The van der Waals surface area contributed by atoms with Crippen LogP contribution in [-0.2, 0) is 6.54 Å². The van der Waals surface area contributed by atoms with Crippen molar-refractivity contribution in [1.82, 2.24) is 9.78 Å². The molecule has 0 bridgehead atoms. The van der Waals surface area contributed by atoms with Crippen molar-refractivity contribution in [2.75, 3.05) is 0 Å². The first kappa shape index (κ1) is 11.5. The van der Waals surface area contributed by atoms with Crippen LogP contribution in [0.3, 0.4) is 0 Å². The van der Waals surface area contributed by atoms with Gasteiger partial charge in [-0.15, -0.1) is 0 Å². The van der Waals surface area contributed by atoms with Gasteiger partial charge in [0, 0.05) is 12.7 Å². The van der Waals surface area contributed by atoms with Crippen molar-refractivity contribution in [3.8, 4) is 0 Å². The molecule has 0 saturated heterocycles. The number of rotatable bonds is 2. The number of halogens is 2. The number of aryl methyl sites for hydroxylation is 1. The minimum absolute atomic E-state index is 0.379. The Morgan fingerprint density at radius 2 is 2.15 bits per heavy atom. The van der Waals surface area contributed by atoms with Crippen LogP contribution < -0.4 is 0 Å². The highest BCUT2D eigenvalue weighted by Crippen LogP contribution is 2.21. The zero-order chi connectivity index (χ0) is 10.1. The van der Waals surface area contributed by atoms with E-state index in [1.807, 2.05) is 10.9 Å². The first-order chi connectivity index (χ1) is 5.88. The fourth-order valence-corrected chi connectivity index (χ4v) is 1.67. The van der Waals surface area contributed by atoms with E-state index in [0.717, 1.165) is 21.1 Å². The average Bonchev–Trinajstić information content (AvgIpc) is 2.27. The molecule has 0 aromatic carbocycles. The Kier molecular flexibility index (Phi) is 3.80. The third kappa shape index (κ3) is 3.97. The molecular weight excluding hydrogens is 343 g/mol. The van der Waals surface area contributed by atoms with Gasteiger partial charge < -0.3 is 0 Å². The quantitative estimate of drug-likeness (QED) is 0.739. The molecule has 0 aliphatic carbocycles. The summed E-state index contributed by atoms with van der Waals surface area (Å²) in [7, 11) is 0. The Labute approximate surface area is 101 Å². The Bertz CT molecular complexity index is 269. The summed E-state index contributed by atoms with van der Waals surface area (Å²) in [6.45, 7) is 7.73. The normalized spacial score (nSPS) is 12.1. The molecule has 2 nitrogen and oxygen atoms in total. The van der Waals surface area contributed by atoms with E-state index in [2.05, 4.69) is 64.4 Å². The van der Waals surface area contributed by atoms with E-state index < -0.39 is 0 Å². The molecule has 0 saturated carbocycles. The summed E-state index contributed by atoms with van der Waals surface area (Å²) in [6.07, 6.45) is 3.19. The topological polar surface area (TPSA) is 17.8 Å². The van der Waals surface area contributed by atoms with Crippen LogP contribution in [0.25, 0.3) is 0 Å². The maximum Gasteiger partial charge on any atom is 0.137 e. The zero-order valence-electron chi connectivity index (χ0n) is 8.14. The van der Waals surface area contributed by atoms with Crippen molar-refractivity contribution in [3.63, 3.8) is 0 Å². The highest BCUT2D eigenvalue weighted by molar-refractivity contribution is 14.1. The molecular formula is C9H14BrIN2. The van der Waals surface area contributed by atoms with Crippen molar-refractivity contribution < 1.29 is 0 Å². The molecule has 0 unspecified atom stereocenters. The number of nitrogens with zero attached hydrogens (tertiary/aromatic N) is 2. The summed E-state index contributed by atoms with van der Waals surface area (Å²) in [5.74, 6) is 0. The third-order valence-electron chi connectivity index (χ3n) is 1.77. The molecule has 0 aliphatic rings. The van der Waals surface area contributed by atoms with Crippen molar-refractivity contribution in [1.29, 1.82) is 0 Å². The monoisotopic (exact) mass is 356 g/mol. The van der Waals surface area contributed by atoms with Crippen LogP contribution in [0.4, 0.5) is 0 Å². The van der Waals surface area contributed by atoms with Crippen molar-refractivity contribution in [2.45, 2.75) is 33.7 Å². The van der Waals surface area contributed by atoms with Crippen LogP contribution in [0, 0.1) is 9.12 Å². The zero-order valence-corrected chi connectivity index (χ0v) is 11.9. The highest BCUT2D eigenvalue weighted by atomic mass is 127. The maximum atomic E-state index is 4.37. The fourth-order valence-electron chi connectivity index (χ4n) is 0.938. The van der Waals surface area contributed by atoms with E-state index in [4.69, 9.17) is 0 Å². The van der Waals surface area contributed by atoms with Gasteiger partial charge >= 0.3 is 0 Å². The molecule has 1 aromatic rings. The minimum atomic E-state index is 0.379. The van der Waals surface area contributed by atoms with Gasteiger partial charge in [-0.2, -0.15) is 5.10 Å². The van der Waals surface area contributed by atoms with Gasteiger partial charge in [0.2, 0.25) is 0 Å². The second-order valence-corrected chi connectivity index (χ2v) is 6.22. The summed E-state index contributed by atoms with van der Waals surface area (Å²) in [5.41, 5.74) is 0.379. The molecule has 0 atom stereocenters. The van der Waals surface area contributed by atoms with E-state index >= 15 is 0 Å². The third-order valence-corrected chi connectivity index (χ3v) is 3.88. The number of hydrogen-bond donors (Lipinski definition) is 0. The largest absolute Gasteiger partial charge is 0.270 e. The first-order valence-corrected chi connectivity index (χ1v) is 6.14. The molecule has 4 heteroatoms. The van der Waals surface area contributed by atoms with Gasteiger partial charge in [0.1, 0.15) is 3.70 Å². The van der Waals surface area contributed by atoms with Gasteiger partial charge in [-0.25, -0.2) is 0 Å². The molecule has 13 heavy (non-hydrogen) atoms. The Morgan fingerprint density at radius 1 is 1.54 bits per heavy atom. The van der Waals surface area contributed by atoms with Gasteiger partial charge in [0.15, 0.2) is 0 Å². The van der Waals surface area contributed by atoms with Gasteiger partial charge in [0.05, 0.1) is 4.47 Å². The lowest BCUT2D eigenvalue weighted by Gasteiger charge is -2.17. The molecule has 0 amide bonds. The lowest BCUT2D eigenvalue weighted by molar-refractivity contribution is 0.340. The Hall–Kier alpha value is 0.420. The predicted octanol–water partition coefficient (Wildman–Crippen LogP) is 3.69. The van der Waals surface area contributed by atoms with Crippen LogP contribution >= 0.6 is 38.5 Å². The lowest BCUT2D eigenvalue weighted by atomic mass is 9.92. The van der Waals surface area contributed by atoms with Gasteiger partial charge in [0.25, 0.3) is 0 Å². The summed E-state index contributed by atoms with van der Waals surface area (Å²) >= 11 is 5.67. The van der Waals surface area contributed by atoms with Crippen LogP contribution in [0.1, 0.15) is 27.2 Å². The highest BCUT2D eigenvalue weighted by Gasteiger charge is 2.11. The molecule has 1 rings (SSSR count). The second kappa shape index (κ2) is 4.29. The van der Waals surface area contributed by atoms with Crippen LogP contribution in [0.15, 0.2) is 10.7 Å². The van der Waals surface area contributed by atoms with Crippen molar-refractivity contribution >= 4 is 38.5 Å². The van der Waals surface area contributed by atoms with E-state index in [1.54, 1.807) is 0 Å². The number of aromatic nitrogens is 2. The van der Waals surface area contributed by atoms with Crippen molar-refractivity contribution in [2.24, 2.45) is 5.41 Å². The van der Waals surface area contributed by atoms with E-state index in [-0.39, 0.29) is 0 Å². The lowest BCUT2D eigenvalue weighted by Crippen LogP contribution is -2.10. The maximum absolute atomic E-state index is 4.37. The SMILES string of the molecule is CC(C)(C)CCn1cc(Br)c(I)n1. The molecule has 0 radical (unpaired) electrons. The molecule has 1 aromatic heterocycles. The molecule has 0 spiro atoms. The second-order valence-electron chi connectivity index (χ2n) is 4.34. The van der Waals surface area contributed by atoms with Gasteiger partial charge in [-0.05, 0) is 50.4 Å². The van der Waals surface area contributed by atoms with Crippen LogP contribution in [0.2, 0.25) is 0 Å². The summed E-state index contributed by atoms with van der Waals surface area (Å²) in [5, 5.41) is 4.37. The van der Waals surface area contributed by atoms with Crippen LogP contribution in [-0.4, -0.2) is 9.78 Å². The smallest absolute Gasteiger partial charge is 0.137 e. The molecule has 0 aliphatic heterocycles. The molecule has 0 fully saturated rings. The first-order valence-electron chi connectivity index (χ1n) is 4.27. The van der Waals surface area contributed by atoms with Gasteiger partial charge in [-0.3, -0.25) is 4.68 Å². The van der Waals surface area contributed by atoms with Gasteiger partial charge in [-0.1, -0.05) is 20.8 Å². The predicted molar refractivity (Wildman–Crippen MR) is 66.7 cm³/mol. The summed E-state index contributed by atoms with van der Waals surface area (Å²) in [6, 6.07) is 0. The van der Waals surface area contributed by atoms with E-state index in [0.29, 0.717) is 5.41 Å². The standard InChI is InChI=1S/C9H14BrIN2/c1-9(2,3)4-5-13-6-7(10)8(11)12-13/h6H,4-5H2,1-3H3. The summed E-state index contributed by atoms with van der Waals surface area (Å²) in [4.78, 5) is 0. The number of hydrogen-bond acceptors (Lipinski definition) is 1. The van der Waals surface area contributed by atoms with Crippen LogP contribution in [0.5, 0.6) is 0 Å². The fraction of sp³-hybridized carbons (Fsp3) is 0.667. The average molecular weight is 357 g/mol. The minimum Gasteiger partial charge on any atom is -0.270 e. The summed E-state index contributed by atoms with van der Waals surface area (Å²) < 4.78 is 4.12. The molecule has 1 heterocycles. The van der Waals surface area contributed by atoms with E-state index in [1.165, 1.54) is 0 Å². The molecule has 74 valence electrons. The molecule has 0 N–H and O–H groups in total.